The minimum atomic E-state index is -4.60. The van der Waals surface area contributed by atoms with E-state index in [0.717, 1.165) is 6.07 Å². The summed E-state index contributed by atoms with van der Waals surface area (Å²) in [4.78, 5) is -0.218. The van der Waals surface area contributed by atoms with Crippen LogP contribution < -0.4 is 5.73 Å². The normalized spacial score (nSPS) is 12.9. The van der Waals surface area contributed by atoms with Crippen LogP contribution in [0.2, 0.25) is 0 Å². The van der Waals surface area contributed by atoms with Gasteiger partial charge in [-0.05, 0) is 40.5 Å². The van der Waals surface area contributed by atoms with Crippen molar-refractivity contribution < 1.29 is 21.6 Å². The third-order valence-electron chi connectivity index (χ3n) is 2.62. The van der Waals surface area contributed by atoms with E-state index in [1.54, 1.807) is 0 Å². The Morgan fingerprint density at radius 2 is 1.90 bits per heavy atom. The molecule has 0 saturated heterocycles. The number of sulfonamides is 1. The lowest BCUT2D eigenvalue weighted by Gasteiger charge is -2.23. The van der Waals surface area contributed by atoms with Gasteiger partial charge in [0.2, 0.25) is 10.0 Å². The first kappa shape index (κ1) is 17.3. The molecule has 0 radical (unpaired) electrons. The van der Waals surface area contributed by atoms with Gasteiger partial charge in [-0.1, -0.05) is 6.92 Å². The number of hydrogen-bond acceptors (Lipinski definition) is 3. The molecular formula is C11H14BrF3N2O2S. The van der Waals surface area contributed by atoms with Crippen molar-refractivity contribution in [1.29, 1.82) is 0 Å². The Morgan fingerprint density at radius 1 is 1.35 bits per heavy atom. The van der Waals surface area contributed by atoms with Crippen molar-refractivity contribution >= 4 is 31.6 Å². The van der Waals surface area contributed by atoms with Gasteiger partial charge in [0, 0.05) is 16.7 Å². The van der Waals surface area contributed by atoms with Gasteiger partial charge in [0.1, 0.15) is 6.54 Å². The van der Waals surface area contributed by atoms with Crippen LogP contribution in [0.3, 0.4) is 0 Å². The second kappa shape index (κ2) is 5.90. The number of aryl methyl sites for hydroxylation is 1. The summed E-state index contributed by atoms with van der Waals surface area (Å²) in [5.74, 6) is 0. The molecule has 0 atom stereocenters. The van der Waals surface area contributed by atoms with Crippen molar-refractivity contribution in [2.24, 2.45) is 0 Å². The predicted molar refractivity (Wildman–Crippen MR) is 73.8 cm³/mol. The average Bonchev–Trinajstić information content (AvgIpc) is 2.29. The molecule has 0 saturated carbocycles. The number of alkyl halides is 3. The summed E-state index contributed by atoms with van der Waals surface area (Å²) in [5.41, 5.74) is 6.08. The number of nitrogens with two attached hydrogens (primary N) is 1. The van der Waals surface area contributed by atoms with Crippen molar-refractivity contribution in [3.05, 3.63) is 22.2 Å². The van der Waals surface area contributed by atoms with E-state index in [1.165, 1.54) is 19.9 Å². The predicted octanol–water partition coefficient (Wildman–Crippen LogP) is 2.91. The first-order chi connectivity index (χ1) is 8.99. The minimum absolute atomic E-state index is 0.150. The Balaban J connectivity index is 3.31. The number of hydrogen-bond donors (Lipinski definition) is 1. The van der Waals surface area contributed by atoms with Crippen LogP contribution in [0, 0.1) is 6.92 Å². The van der Waals surface area contributed by atoms with Crippen LogP contribution in [-0.2, 0) is 10.0 Å². The monoisotopic (exact) mass is 374 g/mol. The molecule has 4 nitrogen and oxygen atoms in total. The fraction of sp³-hybridized carbons (Fsp3) is 0.455. The lowest BCUT2D eigenvalue weighted by Crippen LogP contribution is -2.39. The molecule has 0 unspecified atom stereocenters. The van der Waals surface area contributed by atoms with E-state index in [2.05, 4.69) is 15.9 Å². The molecule has 0 fully saturated rings. The highest BCUT2D eigenvalue weighted by atomic mass is 79.9. The van der Waals surface area contributed by atoms with Crippen LogP contribution in [0.15, 0.2) is 21.5 Å². The van der Waals surface area contributed by atoms with Gasteiger partial charge in [0.05, 0.1) is 4.90 Å². The first-order valence-electron chi connectivity index (χ1n) is 5.61. The quantitative estimate of drug-likeness (QED) is 0.824. The van der Waals surface area contributed by atoms with Crippen LogP contribution in [0.4, 0.5) is 18.9 Å². The zero-order valence-electron chi connectivity index (χ0n) is 10.8. The van der Waals surface area contributed by atoms with E-state index in [0.29, 0.717) is 14.3 Å². The van der Waals surface area contributed by atoms with Gasteiger partial charge in [-0.15, -0.1) is 0 Å². The largest absolute Gasteiger partial charge is 0.402 e. The van der Waals surface area contributed by atoms with Gasteiger partial charge < -0.3 is 5.73 Å². The second-order valence-corrected chi connectivity index (χ2v) is 6.95. The maximum absolute atomic E-state index is 12.4. The highest BCUT2D eigenvalue weighted by Crippen LogP contribution is 2.29. The van der Waals surface area contributed by atoms with E-state index < -0.39 is 22.7 Å². The van der Waals surface area contributed by atoms with E-state index in [-0.39, 0.29) is 17.1 Å². The summed E-state index contributed by atoms with van der Waals surface area (Å²) in [7, 11) is -4.24. The van der Waals surface area contributed by atoms with Crippen molar-refractivity contribution in [1.82, 2.24) is 4.31 Å². The van der Waals surface area contributed by atoms with Crippen molar-refractivity contribution in [2.45, 2.75) is 24.9 Å². The lowest BCUT2D eigenvalue weighted by atomic mass is 10.2. The number of nitrogen functional groups attached to an aromatic ring is 1. The molecule has 0 bridgehead atoms. The summed E-state index contributed by atoms with van der Waals surface area (Å²) in [6.07, 6.45) is -4.60. The molecule has 114 valence electrons. The minimum Gasteiger partial charge on any atom is -0.398 e. The summed E-state index contributed by atoms with van der Waals surface area (Å²) in [6, 6.07) is 2.62. The molecule has 1 aromatic carbocycles. The van der Waals surface area contributed by atoms with E-state index in [9.17, 15) is 21.6 Å². The summed E-state index contributed by atoms with van der Waals surface area (Å²) >= 11 is 3.14. The van der Waals surface area contributed by atoms with E-state index >= 15 is 0 Å². The highest BCUT2D eigenvalue weighted by Gasteiger charge is 2.36. The van der Waals surface area contributed by atoms with Gasteiger partial charge >= 0.3 is 6.18 Å². The SMILES string of the molecule is CCN(CC(F)(F)F)S(=O)(=O)c1cc(N)c(Br)cc1C. The van der Waals surface area contributed by atoms with Gasteiger partial charge in [0.25, 0.3) is 0 Å². The fourth-order valence-electron chi connectivity index (χ4n) is 1.65. The number of nitrogens with zero attached hydrogens (tertiary/aromatic N) is 1. The molecule has 0 amide bonds. The second-order valence-electron chi connectivity index (χ2n) is 4.19. The molecule has 0 aliphatic heterocycles. The van der Waals surface area contributed by atoms with E-state index in [4.69, 9.17) is 5.73 Å². The summed E-state index contributed by atoms with van der Waals surface area (Å²) in [5, 5.41) is 0. The van der Waals surface area contributed by atoms with Gasteiger partial charge in [-0.25, -0.2) is 8.42 Å². The molecular weight excluding hydrogens is 361 g/mol. The number of halogens is 4. The molecule has 20 heavy (non-hydrogen) atoms. The van der Waals surface area contributed by atoms with Crippen LogP contribution in [0.1, 0.15) is 12.5 Å². The number of rotatable bonds is 4. The summed E-state index contributed by atoms with van der Waals surface area (Å²) in [6.45, 7) is 1.04. The van der Waals surface area contributed by atoms with Crippen molar-refractivity contribution in [3.8, 4) is 0 Å². The Morgan fingerprint density at radius 3 is 2.35 bits per heavy atom. The van der Waals surface area contributed by atoms with Crippen molar-refractivity contribution in [2.75, 3.05) is 18.8 Å². The van der Waals surface area contributed by atoms with Gasteiger partial charge in [-0.3, -0.25) is 0 Å². The number of anilines is 1. The van der Waals surface area contributed by atoms with E-state index in [1.807, 2.05) is 0 Å². The third-order valence-corrected chi connectivity index (χ3v) is 5.37. The maximum atomic E-state index is 12.4. The average molecular weight is 375 g/mol. The standard InChI is InChI=1S/C11H14BrF3N2O2S/c1-3-17(6-11(13,14)15)20(18,19)10-5-9(16)8(12)4-7(10)2/h4-5H,3,6,16H2,1-2H3. The van der Waals surface area contributed by atoms with Crippen LogP contribution >= 0.6 is 15.9 Å². The molecule has 0 aliphatic carbocycles. The molecule has 2 N–H and O–H groups in total. The molecule has 0 aromatic heterocycles. The van der Waals surface area contributed by atoms with Crippen LogP contribution in [-0.4, -0.2) is 32.0 Å². The molecule has 0 heterocycles. The van der Waals surface area contributed by atoms with Gasteiger partial charge in [0.15, 0.2) is 0 Å². The number of benzene rings is 1. The Hall–Kier alpha value is -0.800. The Labute approximate surface area is 123 Å². The zero-order valence-corrected chi connectivity index (χ0v) is 13.2. The van der Waals surface area contributed by atoms with Crippen LogP contribution in [0.5, 0.6) is 0 Å². The molecule has 1 rings (SSSR count). The smallest absolute Gasteiger partial charge is 0.398 e. The fourth-order valence-corrected chi connectivity index (χ4v) is 3.79. The zero-order chi connectivity index (χ0) is 15.7. The molecule has 1 aromatic rings. The Kier molecular flexibility index (Phi) is 5.09. The topological polar surface area (TPSA) is 63.4 Å². The van der Waals surface area contributed by atoms with Crippen LogP contribution in [0.25, 0.3) is 0 Å². The third kappa shape index (κ3) is 3.86. The summed E-state index contributed by atoms with van der Waals surface area (Å²) < 4.78 is 62.8. The Bertz CT molecular complexity index is 602. The molecule has 0 spiro atoms. The molecule has 9 heteroatoms. The first-order valence-corrected chi connectivity index (χ1v) is 7.85. The molecule has 0 aliphatic rings. The lowest BCUT2D eigenvalue weighted by molar-refractivity contribution is -0.135. The van der Waals surface area contributed by atoms with Crippen molar-refractivity contribution in [3.63, 3.8) is 0 Å². The van der Waals surface area contributed by atoms with Gasteiger partial charge in [-0.2, -0.15) is 17.5 Å². The maximum Gasteiger partial charge on any atom is 0.402 e. The highest BCUT2D eigenvalue weighted by molar-refractivity contribution is 9.10.